The summed E-state index contributed by atoms with van der Waals surface area (Å²) in [7, 11) is 1.71. The standard InChI is InChI=1S/C15H24N2O/c1-15(2,17-10-8-16-9-11-17)12-13-4-6-14(18-3)7-5-13/h4-7,16H,8-12H2,1-3H3. The summed E-state index contributed by atoms with van der Waals surface area (Å²) >= 11 is 0. The third-order valence-electron chi connectivity index (χ3n) is 3.77. The summed E-state index contributed by atoms with van der Waals surface area (Å²) in [5.74, 6) is 0.929. The second kappa shape index (κ2) is 5.72. The molecular weight excluding hydrogens is 224 g/mol. The number of methoxy groups -OCH3 is 1. The number of nitrogens with zero attached hydrogens (tertiary/aromatic N) is 1. The Labute approximate surface area is 110 Å². The zero-order chi connectivity index (χ0) is 13.0. The van der Waals surface area contributed by atoms with Crippen molar-refractivity contribution in [1.29, 1.82) is 0 Å². The first kappa shape index (κ1) is 13.4. The number of benzene rings is 1. The summed E-state index contributed by atoms with van der Waals surface area (Å²) in [6.07, 6.45) is 1.08. The van der Waals surface area contributed by atoms with E-state index in [1.165, 1.54) is 5.56 Å². The monoisotopic (exact) mass is 248 g/mol. The van der Waals surface area contributed by atoms with Crippen molar-refractivity contribution >= 4 is 0 Å². The topological polar surface area (TPSA) is 24.5 Å². The summed E-state index contributed by atoms with van der Waals surface area (Å²) in [6, 6.07) is 8.43. The van der Waals surface area contributed by atoms with Crippen molar-refractivity contribution in [3.63, 3.8) is 0 Å². The number of rotatable bonds is 4. The first-order valence-corrected chi connectivity index (χ1v) is 6.70. The highest BCUT2D eigenvalue weighted by molar-refractivity contribution is 5.28. The van der Waals surface area contributed by atoms with Crippen molar-refractivity contribution in [2.24, 2.45) is 0 Å². The van der Waals surface area contributed by atoms with Crippen LogP contribution in [0.2, 0.25) is 0 Å². The van der Waals surface area contributed by atoms with Gasteiger partial charge in [-0.15, -0.1) is 0 Å². The summed E-state index contributed by atoms with van der Waals surface area (Å²) in [5.41, 5.74) is 1.59. The number of piperazine rings is 1. The molecule has 2 rings (SSSR count). The Bertz CT molecular complexity index is 367. The fourth-order valence-corrected chi connectivity index (χ4v) is 2.62. The number of hydrogen-bond donors (Lipinski definition) is 1. The van der Waals surface area contributed by atoms with E-state index in [2.05, 4.69) is 36.2 Å². The fraction of sp³-hybridized carbons (Fsp3) is 0.600. The van der Waals surface area contributed by atoms with Gasteiger partial charge in [0, 0.05) is 31.7 Å². The maximum atomic E-state index is 5.20. The van der Waals surface area contributed by atoms with E-state index in [0.717, 1.165) is 38.3 Å². The highest BCUT2D eigenvalue weighted by atomic mass is 16.5. The fourth-order valence-electron chi connectivity index (χ4n) is 2.62. The van der Waals surface area contributed by atoms with Crippen LogP contribution in [0.5, 0.6) is 5.75 Å². The third kappa shape index (κ3) is 3.24. The maximum absolute atomic E-state index is 5.20. The molecule has 3 nitrogen and oxygen atoms in total. The summed E-state index contributed by atoms with van der Waals surface area (Å²) in [5, 5.41) is 3.41. The molecule has 0 aliphatic carbocycles. The van der Waals surface area contributed by atoms with Gasteiger partial charge in [0.2, 0.25) is 0 Å². The summed E-state index contributed by atoms with van der Waals surface area (Å²) in [6.45, 7) is 9.16. The molecule has 0 saturated carbocycles. The molecule has 100 valence electrons. The Kier molecular flexibility index (Phi) is 4.25. The van der Waals surface area contributed by atoms with Crippen LogP contribution < -0.4 is 10.1 Å². The molecule has 1 fully saturated rings. The molecule has 18 heavy (non-hydrogen) atoms. The largest absolute Gasteiger partial charge is 0.497 e. The van der Waals surface area contributed by atoms with Crippen molar-refractivity contribution in [1.82, 2.24) is 10.2 Å². The highest BCUT2D eigenvalue weighted by Crippen LogP contribution is 2.22. The van der Waals surface area contributed by atoms with Crippen LogP contribution in [0, 0.1) is 0 Å². The minimum atomic E-state index is 0.219. The van der Waals surface area contributed by atoms with E-state index in [4.69, 9.17) is 4.74 Å². The third-order valence-corrected chi connectivity index (χ3v) is 3.77. The van der Waals surface area contributed by atoms with Crippen LogP contribution in [0.4, 0.5) is 0 Å². The van der Waals surface area contributed by atoms with E-state index in [9.17, 15) is 0 Å². The van der Waals surface area contributed by atoms with Crippen molar-refractivity contribution < 1.29 is 4.74 Å². The molecule has 1 heterocycles. The highest BCUT2D eigenvalue weighted by Gasteiger charge is 2.27. The molecule has 1 aromatic carbocycles. The van der Waals surface area contributed by atoms with E-state index < -0.39 is 0 Å². The molecule has 0 amide bonds. The predicted molar refractivity (Wildman–Crippen MR) is 75.2 cm³/mol. The molecule has 1 aliphatic heterocycles. The Morgan fingerprint density at radius 2 is 1.78 bits per heavy atom. The lowest BCUT2D eigenvalue weighted by Crippen LogP contribution is -2.54. The molecule has 0 radical (unpaired) electrons. The average molecular weight is 248 g/mol. The van der Waals surface area contributed by atoms with E-state index in [1.54, 1.807) is 7.11 Å². The molecule has 1 aliphatic rings. The van der Waals surface area contributed by atoms with Gasteiger partial charge >= 0.3 is 0 Å². The smallest absolute Gasteiger partial charge is 0.118 e. The van der Waals surface area contributed by atoms with Gasteiger partial charge in [0.15, 0.2) is 0 Å². The van der Waals surface area contributed by atoms with Crippen molar-refractivity contribution in [2.75, 3.05) is 33.3 Å². The average Bonchev–Trinajstić information content (AvgIpc) is 2.40. The Morgan fingerprint density at radius 1 is 1.17 bits per heavy atom. The van der Waals surface area contributed by atoms with E-state index in [-0.39, 0.29) is 5.54 Å². The molecule has 0 aromatic heterocycles. The summed E-state index contributed by atoms with van der Waals surface area (Å²) in [4.78, 5) is 2.58. The van der Waals surface area contributed by atoms with Crippen molar-refractivity contribution in [3.05, 3.63) is 29.8 Å². The lowest BCUT2D eigenvalue weighted by atomic mass is 9.92. The molecule has 1 aromatic rings. The van der Waals surface area contributed by atoms with Crippen LogP contribution in [0.25, 0.3) is 0 Å². The zero-order valence-electron chi connectivity index (χ0n) is 11.7. The lowest BCUT2D eigenvalue weighted by Gasteiger charge is -2.41. The van der Waals surface area contributed by atoms with Gasteiger partial charge in [-0.05, 0) is 38.0 Å². The molecule has 0 bridgehead atoms. The van der Waals surface area contributed by atoms with Crippen LogP contribution in [0.1, 0.15) is 19.4 Å². The van der Waals surface area contributed by atoms with Gasteiger partial charge in [0.1, 0.15) is 5.75 Å². The Balaban J connectivity index is 2.01. The van der Waals surface area contributed by atoms with Crippen LogP contribution in [-0.4, -0.2) is 43.7 Å². The lowest BCUT2D eigenvalue weighted by molar-refractivity contribution is 0.103. The molecule has 1 saturated heterocycles. The van der Waals surface area contributed by atoms with Gasteiger partial charge in [-0.25, -0.2) is 0 Å². The zero-order valence-corrected chi connectivity index (χ0v) is 11.7. The second-order valence-corrected chi connectivity index (χ2v) is 5.57. The quantitative estimate of drug-likeness (QED) is 0.881. The molecule has 0 spiro atoms. The van der Waals surface area contributed by atoms with Gasteiger partial charge in [-0.1, -0.05) is 12.1 Å². The van der Waals surface area contributed by atoms with Gasteiger partial charge in [0.25, 0.3) is 0 Å². The number of nitrogens with one attached hydrogen (secondary N) is 1. The van der Waals surface area contributed by atoms with E-state index in [1.807, 2.05) is 12.1 Å². The van der Waals surface area contributed by atoms with Gasteiger partial charge < -0.3 is 10.1 Å². The van der Waals surface area contributed by atoms with Crippen LogP contribution >= 0.6 is 0 Å². The van der Waals surface area contributed by atoms with Crippen molar-refractivity contribution in [3.8, 4) is 5.75 Å². The SMILES string of the molecule is COc1ccc(CC(C)(C)N2CCNCC2)cc1. The molecule has 0 atom stereocenters. The van der Waals surface area contributed by atoms with Gasteiger partial charge in [-0.2, -0.15) is 0 Å². The Morgan fingerprint density at radius 3 is 2.33 bits per heavy atom. The van der Waals surface area contributed by atoms with Crippen LogP contribution in [0.15, 0.2) is 24.3 Å². The normalized spacial score (nSPS) is 17.7. The van der Waals surface area contributed by atoms with E-state index in [0.29, 0.717) is 0 Å². The molecule has 3 heteroatoms. The Hall–Kier alpha value is -1.06. The molecule has 1 N–H and O–H groups in total. The molecule has 0 unspecified atom stereocenters. The van der Waals surface area contributed by atoms with Gasteiger partial charge in [0.05, 0.1) is 7.11 Å². The van der Waals surface area contributed by atoms with Gasteiger partial charge in [-0.3, -0.25) is 4.90 Å². The first-order chi connectivity index (χ1) is 8.62. The van der Waals surface area contributed by atoms with Crippen molar-refractivity contribution in [2.45, 2.75) is 25.8 Å². The first-order valence-electron chi connectivity index (χ1n) is 6.70. The maximum Gasteiger partial charge on any atom is 0.118 e. The van der Waals surface area contributed by atoms with Crippen LogP contribution in [0.3, 0.4) is 0 Å². The molecular formula is C15H24N2O. The predicted octanol–water partition coefficient (Wildman–Crippen LogP) is 1.92. The number of hydrogen-bond acceptors (Lipinski definition) is 3. The van der Waals surface area contributed by atoms with Crippen LogP contribution in [-0.2, 0) is 6.42 Å². The minimum Gasteiger partial charge on any atom is -0.497 e. The summed E-state index contributed by atoms with van der Waals surface area (Å²) < 4.78 is 5.20. The van der Waals surface area contributed by atoms with E-state index >= 15 is 0 Å². The number of ether oxygens (including phenoxy) is 1. The second-order valence-electron chi connectivity index (χ2n) is 5.57. The minimum absolute atomic E-state index is 0.219.